The number of rotatable bonds is 2. The number of aliphatic hydroxyl groups excluding tert-OH is 1. The van der Waals surface area contributed by atoms with E-state index in [0.29, 0.717) is 20.6 Å². The summed E-state index contributed by atoms with van der Waals surface area (Å²) in [5.41, 5.74) is 1.40. The van der Waals surface area contributed by atoms with Gasteiger partial charge < -0.3 is 5.11 Å². The van der Waals surface area contributed by atoms with E-state index in [-0.39, 0.29) is 0 Å². The standard InChI is InChI=1S/C13H9Cl3O/c14-10-3-1-2-8(6-10)13(17)9-4-5-11(15)12(16)7-9/h1-7,13,17H/t13-/m0/s1. The van der Waals surface area contributed by atoms with Crippen molar-refractivity contribution >= 4 is 34.8 Å². The van der Waals surface area contributed by atoms with Crippen molar-refractivity contribution in [3.8, 4) is 0 Å². The first kappa shape index (κ1) is 12.7. The van der Waals surface area contributed by atoms with E-state index in [9.17, 15) is 5.11 Å². The molecule has 0 amide bonds. The van der Waals surface area contributed by atoms with E-state index in [2.05, 4.69) is 0 Å². The van der Waals surface area contributed by atoms with Crippen LogP contribution in [-0.4, -0.2) is 5.11 Å². The van der Waals surface area contributed by atoms with E-state index in [4.69, 9.17) is 34.8 Å². The SMILES string of the molecule is O[C@@H](c1cccc(Cl)c1)c1ccc(Cl)c(Cl)c1. The first-order valence-electron chi connectivity index (χ1n) is 4.96. The van der Waals surface area contributed by atoms with Crippen LogP contribution in [0.2, 0.25) is 15.1 Å². The molecule has 0 aliphatic rings. The van der Waals surface area contributed by atoms with Gasteiger partial charge in [0.25, 0.3) is 0 Å². The van der Waals surface area contributed by atoms with Crippen molar-refractivity contribution in [3.05, 3.63) is 68.7 Å². The van der Waals surface area contributed by atoms with Crippen molar-refractivity contribution in [2.75, 3.05) is 0 Å². The summed E-state index contributed by atoms with van der Waals surface area (Å²) in [6.07, 6.45) is -0.761. The average Bonchev–Trinajstić information content (AvgIpc) is 2.32. The van der Waals surface area contributed by atoms with Crippen molar-refractivity contribution in [2.24, 2.45) is 0 Å². The lowest BCUT2D eigenvalue weighted by atomic mass is 10.0. The summed E-state index contributed by atoms with van der Waals surface area (Å²) in [4.78, 5) is 0. The van der Waals surface area contributed by atoms with Crippen LogP contribution in [-0.2, 0) is 0 Å². The highest BCUT2D eigenvalue weighted by Crippen LogP contribution is 2.29. The minimum Gasteiger partial charge on any atom is -0.384 e. The van der Waals surface area contributed by atoms with Gasteiger partial charge in [0, 0.05) is 5.02 Å². The van der Waals surface area contributed by atoms with E-state index < -0.39 is 6.10 Å². The maximum absolute atomic E-state index is 10.2. The molecular formula is C13H9Cl3O. The maximum atomic E-state index is 10.2. The topological polar surface area (TPSA) is 20.2 Å². The summed E-state index contributed by atoms with van der Waals surface area (Å²) in [7, 11) is 0. The quantitative estimate of drug-likeness (QED) is 0.846. The molecule has 0 unspecified atom stereocenters. The zero-order chi connectivity index (χ0) is 12.4. The lowest BCUT2D eigenvalue weighted by molar-refractivity contribution is 0.220. The largest absolute Gasteiger partial charge is 0.384 e. The van der Waals surface area contributed by atoms with Crippen molar-refractivity contribution in [1.82, 2.24) is 0 Å². The molecule has 4 heteroatoms. The lowest BCUT2D eigenvalue weighted by Crippen LogP contribution is -1.99. The third-order valence-electron chi connectivity index (χ3n) is 2.42. The Bertz CT molecular complexity index is 540. The molecule has 0 heterocycles. The molecule has 1 N–H and O–H groups in total. The van der Waals surface area contributed by atoms with Crippen LogP contribution in [0.3, 0.4) is 0 Å². The summed E-state index contributed by atoms with van der Waals surface area (Å²) in [5, 5.41) is 11.6. The highest BCUT2D eigenvalue weighted by molar-refractivity contribution is 6.42. The predicted octanol–water partition coefficient (Wildman–Crippen LogP) is 4.73. The van der Waals surface area contributed by atoms with Gasteiger partial charge in [-0.15, -0.1) is 0 Å². The van der Waals surface area contributed by atoms with Gasteiger partial charge in [-0.05, 0) is 35.4 Å². The number of hydrogen-bond donors (Lipinski definition) is 1. The molecule has 0 aromatic heterocycles. The van der Waals surface area contributed by atoms with Crippen LogP contribution in [0.25, 0.3) is 0 Å². The van der Waals surface area contributed by atoms with Crippen LogP contribution in [0, 0.1) is 0 Å². The van der Waals surface area contributed by atoms with E-state index in [1.54, 1.807) is 42.5 Å². The molecule has 0 spiro atoms. The Hall–Kier alpha value is -0.730. The van der Waals surface area contributed by atoms with Gasteiger partial charge in [0.05, 0.1) is 10.0 Å². The molecule has 0 aliphatic heterocycles. The minimum absolute atomic E-state index is 0.422. The normalized spacial score (nSPS) is 12.5. The first-order valence-corrected chi connectivity index (χ1v) is 6.10. The van der Waals surface area contributed by atoms with Gasteiger partial charge >= 0.3 is 0 Å². The van der Waals surface area contributed by atoms with Gasteiger partial charge in [-0.3, -0.25) is 0 Å². The molecule has 1 nitrogen and oxygen atoms in total. The van der Waals surface area contributed by atoms with Crippen LogP contribution in [0.5, 0.6) is 0 Å². The summed E-state index contributed by atoms with van der Waals surface area (Å²) < 4.78 is 0. The molecule has 2 aromatic carbocycles. The van der Waals surface area contributed by atoms with Gasteiger partial charge in [-0.25, -0.2) is 0 Å². The fraction of sp³-hybridized carbons (Fsp3) is 0.0769. The molecule has 0 aliphatic carbocycles. The second-order valence-electron chi connectivity index (χ2n) is 3.63. The van der Waals surface area contributed by atoms with Crippen LogP contribution >= 0.6 is 34.8 Å². The van der Waals surface area contributed by atoms with Crippen LogP contribution in [0.15, 0.2) is 42.5 Å². The first-order chi connectivity index (χ1) is 8.08. The van der Waals surface area contributed by atoms with Crippen LogP contribution in [0.1, 0.15) is 17.2 Å². The molecule has 0 saturated carbocycles. The molecule has 0 radical (unpaired) electrons. The van der Waals surface area contributed by atoms with E-state index >= 15 is 0 Å². The molecule has 1 atom stereocenters. The Morgan fingerprint density at radius 1 is 0.824 bits per heavy atom. The van der Waals surface area contributed by atoms with Crippen molar-refractivity contribution in [2.45, 2.75) is 6.10 Å². The molecule has 17 heavy (non-hydrogen) atoms. The third kappa shape index (κ3) is 2.93. The molecule has 88 valence electrons. The molecule has 0 saturated heterocycles. The van der Waals surface area contributed by atoms with Gasteiger partial charge in [-0.1, -0.05) is 53.0 Å². The summed E-state index contributed by atoms with van der Waals surface area (Å²) in [5.74, 6) is 0. The fourth-order valence-corrected chi connectivity index (χ4v) is 2.06. The Morgan fingerprint density at radius 2 is 1.53 bits per heavy atom. The van der Waals surface area contributed by atoms with Gasteiger partial charge in [-0.2, -0.15) is 0 Å². The second-order valence-corrected chi connectivity index (χ2v) is 4.88. The van der Waals surface area contributed by atoms with Gasteiger partial charge in [0.15, 0.2) is 0 Å². The molecule has 2 rings (SSSR count). The molecular weight excluding hydrogens is 279 g/mol. The molecule has 0 fully saturated rings. The predicted molar refractivity (Wildman–Crippen MR) is 72.0 cm³/mol. The zero-order valence-corrected chi connectivity index (χ0v) is 11.0. The summed E-state index contributed by atoms with van der Waals surface area (Å²) in [6, 6.07) is 12.1. The van der Waals surface area contributed by atoms with Crippen molar-refractivity contribution in [3.63, 3.8) is 0 Å². The smallest absolute Gasteiger partial charge is 0.104 e. The monoisotopic (exact) mass is 286 g/mol. The number of aliphatic hydroxyl groups is 1. The zero-order valence-electron chi connectivity index (χ0n) is 8.70. The van der Waals surface area contributed by atoms with E-state index in [1.807, 2.05) is 0 Å². The Labute approximate surface area is 115 Å². The van der Waals surface area contributed by atoms with E-state index in [1.165, 1.54) is 0 Å². The molecule has 0 bridgehead atoms. The Balaban J connectivity index is 2.36. The molecule has 2 aromatic rings. The van der Waals surface area contributed by atoms with Gasteiger partial charge in [0.1, 0.15) is 6.10 Å². The highest BCUT2D eigenvalue weighted by atomic mass is 35.5. The Kier molecular flexibility index (Phi) is 3.95. The number of benzene rings is 2. The summed E-state index contributed by atoms with van der Waals surface area (Å²) >= 11 is 17.6. The lowest BCUT2D eigenvalue weighted by Gasteiger charge is -2.12. The highest BCUT2D eigenvalue weighted by Gasteiger charge is 2.12. The Morgan fingerprint density at radius 3 is 2.18 bits per heavy atom. The number of hydrogen-bond acceptors (Lipinski definition) is 1. The van der Waals surface area contributed by atoms with Gasteiger partial charge in [0.2, 0.25) is 0 Å². The fourth-order valence-electron chi connectivity index (χ4n) is 1.55. The average molecular weight is 288 g/mol. The third-order valence-corrected chi connectivity index (χ3v) is 3.40. The van der Waals surface area contributed by atoms with Crippen LogP contribution < -0.4 is 0 Å². The van der Waals surface area contributed by atoms with E-state index in [0.717, 1.165) is 5.56 Å². The minimum atomic E-state index is -0.761. The maximum Gasteiger partial charge on any atom is 0.104 e. The van der Waals surface area contributed by atoms with Crippen molar-refractivity contribution in [1.29, 1.82) is 0 Å². The van der Waals surface area contributed by atoms with Crippen molar-refractivity contribution < 1.29 is 5.11 Å². The summed E-state index contributed by atoms with van der Waals surface area (Å²) in [6.45, 7) is 0. The van der Waals surface area contributed by atoms with Crippen LogP contribution in [0.4, 0.5) is 0 Å². The number of halogens is 3. The second kappa shape index (κ2) is 5.28.